The largest absolute Gasteiger partial charge is 0.343 e. The Bertz CT molecular complexity index is 787. The van der Waals surface area contributed by atoms with Crippen LogP contribution < -0.4 is 0 Å². The third-order valence-electron chi connectivity index (χ3n) is 4.08. The number of rotatable bonds is 6. The predicted octanol–water partition coefficient (Wildman–Crippen LogP) is 4.99. The third kappa shape index (κ3) is 4.28. The zero-order chi connectivity index (χ0) is 18.1. The molecule has 1 heterocycles. The van der Waals surface area contributed by atoms with Crippen LogP contribution in [-0.4, -0.2) is 26.6 Å². The van der Waals surface area contributed by atoms with Gasteiger partial charge in [0.1, 0.15) is 0 Å². The number of hydrogen-bond acceptors (Lipinski definition) is 2. The molecular weight excluding hydrogens is 342 g/mol. The van der Waals surface area contributed by atoms with Gasteiger partial charge < -0.3 is 4.57 Å². The highest BCUT2D eigenvalue weighted by Gasteiger charge is 2.24. The molecule has 24 heavy (non-hydrogen) atoms. The van der Waals surface area contributed by atoms with Crippen LogP contribution in [0.25, 0.3) is 10.9 Å². The van der Waals surface area contributed by atoms with Gasteiger partial charge in [-0.25, -0.2) is 0 Å². The SMILES string of the molecule is Cc1c(C(=O)CC(C)(C)C)c2cccc(Cl)c2n1CCCS(C)=O. The van der Waals surface area contributed by atoms with Gasteiger partial charge in [0.25, 0.3) is 0 Å². The second kappa shape index (κ2) is 7.40. The molecule has 2 rings (SSSR count). The molecule has 0 saturated heterocycles. The Morgan fingerprint density at radius 3 is 2.54 bits per heavy atom. The topological polar surface area (TPSA) is 39.1 Å². The highest BCUT2D eigenvalue weighted by Crippen LogP contribution is 2.34. The highest BCUT2D eigenvalue weighted by molar-refractivity contribution is 7.84. The Hall–Kier alpha value is -1.13. The summed E-state index contributed by atoms with van der Waals surface area (Å²) in [5, 5.41) is 1.58. The van der Waals surface area contributed by atoms with Gasteiger partial charge in [-0.05, 0) is 24.8 Å². The number of Topliss-reactive ketones (excluding diaryl/α,β-unsaturated/α-hetero) is 1. The summed E-state index contributed by atoms with van der Waals surface area (Å²) in [5.74, 6) is 0.805. The molecule has 1 aromatic heterocycles. The van der Waals surface area contributed by atoms with Crippen LogP contribution in [0.4, 0.5) is 0 Å². The van der Waals surface area contributed by atoms with Crippen molar-refractivity contribution >= 4 is 39.1 Å². The molecule has 2 aromatic rings. The van der Waals surface area contributed by atoms with Crippen molar-refractivity contribution in [2.75, 3.05) is 12.0 Å². The maximum absolute atomic E-state index is 12.9. The molecule has 0 saturated carbocycles. The standard InChI is InChI=1S/C19H26ClNO2S/c1-13-17(16(22)12-19(2,3)4)14-8-6-9-15(20)18(14)21(13)10-7-11-24(5)23/h6,8-9H,7,10-12H2,1-5H3. The number of carbonyl (C=O) groups excluding carboxylic acids is 1. The lowest BCUT2D eigenvalue weighted by atomic mass is 9.87. The first-order chi connectivity index (χ1) is 11.1. The Morgan fingerprint density at radius 2 is 1.96 bits per heavy atom. The van der Waals surface area contributed by atoms with E-state index in [9.17, 15) is 9.00 Å². The minimum absolute atomic E-state index is 0.0599. The van der Waals surface area contributed by atoms with Crippen molar-refractivity contribution in [1.82, 2.24) is 4.57 Å². The minimum atomic E-state index is -0.814. The van der Waals surface area contributed by atoms with Crippen LogP contribution in [0.1, 0.15) is 49.7 Å². The number of para-hydroxylation sites is 1. The zero-order valence-corrected chi connectivity index (χ0v) is 16.7. The number of halogens is 1. The van der Waals surface area contributed by atoms with Crippen molar-refractivity contribution in [3.8, 4) is 0 Å². The highest BCUT2D eigenvalue weighted by atomic mass is 35.5. The van der Waals surface area contributed by atoms with Gasteiger partial charge in [-0.15, -0.1) is 0 Å². The Labute approximate surface area is 151 Å². The van der Waals surface area contributed by atoms with Gasteiger partial charge in [-0.3, -0.25) is 9.00 Å². The van der Waals surface area contributed by atoms with Crippen LogP contribution in [0.2, 0.25) is 5.02 Å². The van der Waals surface area contributed by atoms with E-state index in [0.29, 0.717) is 23.7 Å². The van der Waals surface area contributed by atoms with E-state index < -0.39 is 10.8 Å². The fourth-order valence-electron chi connectivity index (χ4n) is 3.12. The number of carbonyl (C=O) groups is 1. The maximum Gasteiger partial charge on any atom is 0.165 e. The van der Waals surface area contributed by atoms with Gasteiger partial charge in [0.05, 0.1) is 10.5 Å². The summed E-state index contributed by atoms with van der Waals surface area (Å²) in [6.45, 7) is 8.92. The van der Waals surface area contributed by atoms with Gasteiger partial charge in [0, 0.05) is 52.4 Å². The second-order valence-electron chi connectivity index (χ2n) is 7.54. The monoisotopic (exact) mass is 367 g/mol. The van der Waals surface area contributed by atoms with E-state index in [1.54, 1.807) is 6.26 Å². The Kier molecular flexibility index (Phi) is 5.92. The first-order valence-corrected chi connectivity index (χ1v) is 10.3. The fraction of sp³-hybridized carbons (Fsp3) is 0.526. The first-order valence-electron chi connectivity index (χ1n) is 8.22. The van der Waals surface area contributed by atoms with Crippen LogP contribution in [0.5, 0.6) is 0 Å². The van der Waals surface area contributed by atoms with Gasteiger partial charge in [-0.2, -0.15) is 0 Å². The molecule has 0 bridgehead atoms. The van der Waals surface area contributed by atoms with Crippen LogP contribution in [0.15, 0.2) is 18.2 Å². The van der Waals surface area contributed by atoms with E-state index in [-0.39, 0.29) is 11.2 Å². The Balaban J connectivity index is 2.52. The second-order valence-corrected chi connectivity index (χ2v) is 9.50. The summed E-state index contributed by atoms with van der Waals surface area (Å²) in [6, 6.07) is 5.72. The molecular formula is C19H26ClNO2S. The molecule has 0 N–H and O–H groups in total. The van der Waals surface area contributed by atoms with E-state index in [1.807, 2.05) is 25.1 Å². The molecule has 0 aliphatic heterocycles. The van der Waals surface area contributed by atoms with Gasteiger partial charge in [0.15, 0.2) is 5.78 Å². The fourth-order valence-corrected chi connectivity index (χ4v) is 3.93. The normalized spacial score (nSPS) is 13.4. The summed E-state index contributed by atoms with van der Waals surface area (Å²) < 4.78 is 13.5. The first kappa shape index (κ1) is 19.2. The molecule has 1 atom stereocenters. The van der Waals surface area contributed by atoms with Crippen LogP contribution >= 0.6 is 11.6 Å². The smallest absolute Gasteiger partial charge is 0.165 e. The Morgan fingerprint density at radius 1 is 1.29 bits per heavy atom. The minimum Gasteiger partial charge on any atom is -0.343 e. The summed E-state index contributed by atoms with van der Waals surface area (Å²) in [4.78, 5) is 12.9. The molecule has 0 amide bonds. The van der Waals surface area contributed by atoms with Crippen molar-refractivity contribution in [2.24, 2.45) is 5.41 Å². The summed E-state index contributed by atoms with van der Waals surface area (Å²) >= 11 is 6.43. The lowest BCUT2D eigenvalue weighted by molar-refractivity contribution is 0.0940. The number of hydrogen-bond donors (Lipinski definition) is 0. The number of benzene rings is 1. The molecule has 0 radical (unpaired) electrons. The van der Waals surface area contributed by atoms with E-state index in [1.165, 1.54) is 0 Å². The summed E-state index contributed by atoms with van der Waals surface area (Å²) in [6.07, 6.45) is 3.01. The molecule has 5 heteroatoms. The van der Waals surface area contributed by atoms with E-state index in [2.05, 4.69) is 25.3 Å². The number of nitrogens with zero attached hydrogens (tertiary/aromatic N) is 1. The molecule has 1 unspecified atom stereocenters. The summed E-state index contributed by atoms with van der Waals surface area (Å²) in [5.41, 5.74) is 2.58. The molecule has 3 nitrogen and oxygen atoms in total. The molecule has 0 spiro atoms. The summed E-state index contributed by atoms with van der Waals surface area (Å²) in [7, 11) is -0.814. The van der Waals surface area contributed by atoms with Gasteiger partial charge in [-0.1, -0.05) is 44.5 Å². The van der Waals surface area contributed by atoms with Crippen LogP contribution in [0, 0.1) is 12.3 Å². The van der Waals surface area contributed by atoms with Crippen molar-refractivity contribution in [3.05, 3.63) is 34.5 Å². The lowest BCUT2D eigenvalue weighted by Crippen LogP contribution is -2.14. The molecule has 132 valence electrons. The molecule has 0 aliphatic carbocycles. The van der Waals surface area contributed by atoms with E-state index in [0.717, 1.165) is 28.6 Å². The van der Waals surface area contributed by atoms with Gasteiger partial charge in [0.2, 0.25) is 0 Å². The average Bonchev–Trinajstić information content (AvgIpc) is 2.70. The molecule has 0 fully saturated rings. The maximum atomic E-state index is 12.9. The number of aryl methyl sites for hydroxylation is 1. The van der Waals surface area contributed by atoms with Crippen molar-refractivity contribution in [1.29, 1.82) is 0 Å². The van der Waals surface area contributed by atoms with Crippen LogP contribution in [0.3, 0.4) is 0 Å². The molecule has 1 aromatic carbocycles. The number of aromatic nitrogens is 1. The number of fused-ring (bicyclic) bond motifs is 1. The third-order valence-corrected chi connectivity index (χ3v) is 5.24. The average molecular weight is 368 g/mol. The quantitative estimate of drug-likeness (QED) is 0.674. The number of ketones is 1. The van der Waals surface area contributed by atoms with Crippen molar-refractivity contribution in [3.63, 3.8) is 0 Å². The lowest BCUT2D eigenvalue weighted by Gasteiger charge is -2.17. The van der Waals surface area contributed by atoms with Crippen molar-refractivity contribution < 1.29 is 9.00 Å². The molecule has 0 aliphatic rings. The van der Waals surface area contributed by atoms with Crippen LogP contribution in [-0.2, 0) is 17.3 Å². The predicted molar refractivity (Wildman–Crippen MR) is 104 cm³/mol. The van der Waals surface area contributed by atoms with E-state index in [4.69, 9.17) is 11.6 Å². The van der Waals surface area contributed by atoms with Crippen molar-refractivity contribution in [2.45, 2.75) is 47.1 Å². The zero-order valence-electron chi connectivity index (χ0n) is 15.1. The van der Waals surface area contributed by atoms with E-state index >= 15 is 0 Å². The van der Waals surface area contributed by atoms with Gasteiger partial charge >= 0.3 is 0 Å².